The highest BCUT2D eigenvalue weighted by atomic mass is 16.5. The highest BCUT2D eigenvalue weighted by Gasteiger charge is 2.12. The molecule has 2 N–H and O–H groups in total. The van der Waals surface area contributed by atoms with E-state index in [1.165, 1.54) is 0 Å². The first-order valence-corrected chi connectivity index (χ1v) is 6.87. The van der Waals surface area contributed by atoms with Crippen LogP contribution in [0.2, 0.25) is 0 Å². The van der Waals surface area contributed by atoms with Gasteiger partial charge in [-0.2, -0.15) is 0 Å². The molecule has 0 spiro atoms. The average molecular weight is 287 g/mol. The summed E-state index contributed by atoms with van der Waals surface area (Å²) in [7, 11) is 3.29. The Bertz CT molecular complexity index is 598. The number of phenols is 1. The van der Waals surface area contributed by atoms with Gasteiger partial charge in [0.2, 0.25) is 0 Å². The number of hydrogen-bond acceptors (Lipinski definition) is 4. The van der Waals surface area contributed by atoms with Gasteiger partial charge in [0.15, 0.2) is 0 Å². The number of rotatable bonds is 6. The Kier molecular flexibility index (Phi) is 5.06. The number of aromatic hydroxyl groups is 1. The zero-order chi connectivity index (χ0) is 15.2. The molecule has 1 atom stereocenters. The van der Waals surface area contributed by atoms with E-state index >= 15 is 0 Å². The second-order valence-electron chi connectivity index (χ2n) is 4.88. The van der Waals surface area contributed by atoms with Gasteiger partial charge in [-0.15, -0.1) is 0 Å². The lowest BCUT2D eigenvalue weighted by atomic mass is 10.1. The summed E-state index contributed by atoms with van der Waals surface area (Å²) in [4.78, 5) is 0. The molecule has 0 aliphatic heterocycles. The molecule has 0 aromatic heterocycles. The molecule has 1 unspecified atom stereocenters. The van der Waals surface area contributed by atoms with Crippen LogP contribution in [0.25, 0.3) is 0 Å². The smallest absolute Gasteiger partial charge is 0.127 e. The fourth-order valence-electron chi connectivity index (χ4n) is 2.22. The first-order valence-electron chi connectivity index (χ1n) is 6.87. The van der Waals surface area contributed by atoms with Gasteiger partial charge in [0.05, 0.1) is 14.2 Å². The summed E-state index contributed by atoms with van der Waals surface area (Å²) in [6.07, 6.45) is 0. The third-order valence-electron chi connectivity index (χ3n) is 3.43. The summed E-state index contributed by atoms with van der Waals surface area (Å²) in [5.41, 5.74) is 2.10. The van der Waals surface area contributed by atoms with Crippen molar-refractivity contribution in [1.82, 2.24) is 5.32 Å². The molecule has 2 aromatic rings. The van der Waals surface area contributed by atoms with Crippen LogP contribution in [0, 0.1) is 0 Å². The highest BCUT2D eigenvalue weighted by molar-refractivity contribution is 5.42. The summed E-state index contributed by atoms with van der Waals surface area (Å²) in [5, 5.41) is 12.9. The van der Waals surface area contributed by atoms with Crippen molar-refractivity contribution in [3.8, 4) is 17.2 Å². The first-order chi connectivity index (χ1) is 10.1. The van der Waals surface area contributed by atoms with E-state index in [1.807, 2.05) is 30.3 Å². The molecule has 4 nitrogen and oxygen atoms in total. The van der Waals surface area contributed by atoms with Crippen molar-refractivity contribution < 1.29 is 14.6 Å². The van der Waals surface area contributed by atoms with Crippen molar-refractivity contribution in [3.05, 3.63) is 53.6 Å². The lowest BCUT2D eigenvalue weighted by Crippen LogP contribution is -2.18. The van der Waals surface area contributed by atoms with Gasteiger partial charge in [-0.1, -0.05) is 18.2 Å². The van der Waals surface area contributed by atoms with Crippen molar-refractivity contribution in [1.29, 1.82) is 0 Å². The van der Waals surface area contributed by atoms with E-state index in [0.29, 0.717) is 6.54 Å². The van der Waals surface area contributed by atoms with Crippen LogP contribution in [0.5, 0.6) is 17.2 Å². The van der Waals surface area contributed by atoms with Crippen LogP contribution >= 0.6 is 0 Å². The van der Waals surface area contributed by atoms with E-state index in [9.17, 15) is 5.11 Å². The Morgan fingerprint density at radius 3 is 2.57 bits per heavy atom. The Morgan fingerprint density at radius 1 is 1.10 bits per heavy atom. The number of benzene rings is 2. The normalized spacial score (nSPS) is 12.0. The third-order valence-corrected chi connectivity index (χ3v) is 3.43. The predicted molar refractivity (Wildman–Crippen MR) is 82.9 cm³/mol. The summed E-state index contributed by atoms with van der Waals surface area (Å²) < 4.78 is 10.6. The van der Waals surface area contributed by atoms with Crippen molar-refractivity contribution >= 4 is 0 Å². The van der Waals surface area contributed by atoms with E-state index in [2.05, 4.69) is 12.2 Å². The van der Waals surface area contributed by atoms with Crippen LogP contribution in [0.3, 0.4) is 0 Å². The average Bonchev–Trinajstić information content (AvgIpc) is 2.52. The molecular weight excluding hydrogens is 266 g/mol. The predicted octanol–water partition coefficient (Wildman–Crippen LogP) is 3.26. The SMILES string of the molecule is COc1ccc(C(C)NCc2cccc(O)c2)c(OC)c1. The van der Waals surface area contributed by atoms with E-state index < -0.39 is 0 Å². The summed E-state index contributed by atoms with van der Waals surface area (Å²) in [6.45, 7) is 2.75. The Labute approximate surface area is 125 Å². The second kappa shape index (κ2) is 6.99. The number of ether oxygens (including phenoxy) is 2. The van der Waals surface area contributed by atoms with Crippen LogP contribution in [0.15, 0.2) is 42.5 Å². The summed E-state index contributed by atoms with van der Waals surface area (Å²) in [5.74, 6) is 1.85. The zero-order valence-electron chi connectivity index (χ0n) is 12.6. The molecule has 2 aromatic carbocycles. The first kappa shape index (κ1) is 15.2. The second-order valence-corrected chi connectivity index (χ2v) is 4.88. The lowest BCUT2D eigenvalue weighted by Gasteiger charge is -2.18. The molecule has 0 saturated heterocycles. The fraction of sp³-hybridized carbons (Fsp3) is 0.294. The minimum atomic E-state index is 0.119. The highest BCUT2D eigenvalue weighted by Crippen LogP contribution is 2.29. The molecule has 0 radical (unpaired) electrons. The van der Waals surface area contributed by atoms with Crippen LogP contribution in [-0.4, -0.2) is 19.3 Å². The van der Waals surface area contributed by atoms with Gasteiger partial charge in [-0.05, 0) is 30.7 Å². The van der Waals surface area contributed by atoms with Crippen molar-refractivity contribution in [3.63, 3.8) is 0 Å². The third kappa shape index (κ3) is 3.89. The van der Waals surface area contributed by atoms with Crippen LogP contribution < -0.4 is 14.8 Å². The molecule has 0 bridgehead atoms. The molecule has 0 saturated carbocycles. The maximum Gasteiger partial charge on any atom is 0.127 e. The number of hydrogen-bond donors (Lipinski definition) is 2. The van der Waals surface area contributed by atoms with Gasteiger partial charge in [0.25, 0.3) is 0 Å². The Morgan fingerprint density at radius 2 is 1.90 bits per heavy atom. The molecule has 0 amide bonds. The van der Waals surface area contributed by atoms with Crippen LogP contribution in [-0.2, 0) is 6.54 Å². The maximum absolute atomic E-state index is 9.47. The molecule has 2 rings (SSSR count). The lowest BCUT2D eigenvalue weighted by molar-refractivity contribution is 0.385. The minimum absolute atomic E-state index is 0.119. The van der Waals surface area contributed by atoms with E-state index in [-0.39, 0.29) is 11.8 Å². The maximum atomic E-state index is 9.47. The van der Waals surface area contributed by atoms with Gasteiger partial charge in [-0.25, -0.2) is 0 Å². The molecule has 112 valence electrons. The molecule has 4 heteroatoms. The van der Waals surface area contributed by atoms with Gasteiger partial charge in [0.1, 0.15) is 17.2 Å². The van der Waals surface area contributed by atoms with Gasteiger partial charge >= 0.3 is 0 Å². The van der Waals surface area contributed by atoms with Crippen LogP contribution in [0.1, 0.15) is 24.1 Å². The fourth-order valence-corrected chi connectivity index (χ4v) is 2.22. The quantitative estimate of drug-likeness (QED) is 0.856. The standard InChI is InChI=1S/C17H21NO3/c1-12(18-11-13-5-4-6-14(19)9-13)16-8-7-15(20-2)10-17(16)21-3/h4-10,12,18-19H,11H2,1-3H3. The molecule has 0 aliphatic rings. The van der Waals surface area contributed by atoms with Gasteiger partial charge < -0.3 is 19.9 Å². The zero-order valence-corrected chi connectivity index (χ0v) is 12.6. The Balaban J connectivity index is 2.07. The van der Waals surface area contributed by atoms with Crippen molar-refractivity contribution in [2.45, 2.75) is 19.5 Å². The number of nitrogens with one attached hydrogen (secondary N) is 1. The summed E-state index contributed by atoms with van der Waals surface area (Å²) in [6, 6.07) is 13.2. The number of methoxy groups -OCH3 is 2. The summed E-state index contributed by atoms with van der Waals surface area (Å²) >= 11 is 0. The molecule has 0 fully saturated rings. The van der Waals surface area contributed by atoms with E-state index in [1.54, 1.807) is 26.4 Å². The molecular formula is C17H21NO3. The minimum Gasteiger partial charge on any atom is -0.508 e. The van der Waals surface area contributed by atoms with Gasteiger partial charge in [0, 0.05) is 24.2 Å². The topological polar surface area (TPSA) is 50.7 Å². The largest absolute Gasteiger partial charge is 0.508 e. The van der Waals surface area contributed by atoms with Crippen molar-refractivity contribution in [2.75, 3.05) is 14.2 Å². The van der Waals surface area contributed by atoms with E-state index in [4.69, 9.17) is 9.47 Å². The van der Waals surface area contributed by atoms with Gasteiger partial charge in [-0.3, -0.25) is 0 Å². The van der Waals surface area contributed by atoms with E-state index in [0.717, 1.165) is 22.6 Å². The monoisotopic (exact) mass is 287 g/mol. The number of phenolic OH excluding ortho intramolecular Hbond substituents is 1. The van der Waals surface area contributed by atoms with Crippen molar-refractivity contribution in [2.24, 2.45) is 0 Å². The molecule has 0 aliphatic carbocycles. The Hall–Kier alpha value is -2.20. The van der Waals surface area contributed by atoms with Crippen LogP contribution in [0.4, 0.5) is 0 Å². The molecule has 21 heavy (non-hydrogen) atoms. The molecule has 0 heterocycles.